The van der Waals surface area contributed by atoms with Crippen LogP contribution in [0, 0.1) is 5.82 Å². The second-order valence-corrected chi connectivity index (χ2v) is 9.59. The average molecular weight is 502 g/mol. The number of nitrogens with one attached hydrogen (secondary N) is 1. The van der Waals surface area contributed by atoms with Gasteiger partial charge in [-0.3, -0.25) is 9.69 Å². The highest BCUT2D eigenvalue weighted by atomic mass is 32.1. The van der Waals surface area contributed by atoms with Gasteiger partial charge in [0.25, 0.3) is 5.91 Å². The van der Waals surface area contributed by atoms with Crippen LogP contribution in [0.5, 0.6) is 0 Å². The zero-order valence-electron chi connectivity index (χ0n) is 20.0. The molecule has 1 unspecified atom stereocenters. The fourth-order valence-electron chi connectivity index (χ4n) is 4.22. The topological polar surface area (TPSA) is 77.5 Å². The monoisotopic (exact) mass is 501 g/mol. The zero-order valence-corrected chi connectivity index (χ0v) is 20.8. The van der Waals surface area contributed by atoms with Gasteiger partial charge >= 0.3 is 6.03 Å². The van der Waals surface area contributed by atoms with Gasteiger partial charge in [0, 0.05) is 49.6 Å². The molecule has 0 saturated carbocycles. The van der Waals surface area contributed by atoms with Gasteiger partial charge in [-0.25, -0.2) is 14.2 Å². The molecule has 1 aromatic heterocycles. The molecular weight excluding hydrogens is 469 g/mol. The van der Waals surface area contributed by atoms with Crippen LogP contribution in [0.4, 0.5) is 9.18 Å². The van der Waals surface area contributed by atoms with Crippen LogP contribution in [0.25, 0.3) is 0 Å². The number of halogens is 1. The van der Waals surface area contributed by atoms with Crippen molar-refractivity contribution in [2.24, 2.45) is 5.10 Å². The quantitative estimate of drug-likeness (QED) is 0.572. The van der Waals surface area contributed by atoms with E-state index in [2.05, 4.69) is 15.3 Å². The van der Waals surface area contributed by atoms with E-state index in [-0.39, 0.29) is 30.3 Å². The Labute approximate surface area is 209 Å². The lowest BCUT2D eigenvalue weighted by atomic mass is 10.0. The molecule has 1 aromatic carbocycles. The first kappa shape index (κ1) is 25.3. The van der Waals surface area contributed by atoms with Gasteiger partial charge < -0.3 is 15.0 Å². The molecule has 35 heavy (non-hydrogen) atoms. The smallest absolute Gasteiger partial charge is 0.317 e. The number of amides is 3. The number of carbonyl (C=O) groups is 2. The molecular formula is C25H32FN5O3S. The number of thiophene rings is 1. The molecule has 1 N–H and O–H groups in total. The molecule has 8 nitrogen and oxygen atoms in total. The first-order valence-corrected chi connectivity index (χ1v) is 13.0. The maximum absolute atomic E-state index is 14.5. The molecule has 2 aromatic rings. The molecule has 0 bridgehead atoms. The molecule has 1 atom stereocenters. The van der Waals surface area contributed by atoms with Crippen LogP contribution in [0.15, 0.2) is 46.9 Å². The Kier molecular flexibility index (Phi) is 8.84. The van der Waals surface area contributed by atoms with Crippen molar-refractivity contribution >= 4 is 29.0 Å². The molecule has 3 amide bonds. The van der Waals surface area contributed by atoms with Gasteiger partial charge in [-0.05, 0) is 23.9 Å². The number of carbonyl (C=O) groups excluding carboxylic acids is 2. The van der Waals surface area contributed by atoms with E-state index in [0.717, 1.165) is 24.4 Å². The molecule has 3 heterocycles. The van der Waals surface area contributed by atoms with E-state index >= 15 is 0 Å². The largest absolute Gasteiger partial charge is 0.379 e. The van der Waals surface area contributed by atoms with Crippen LogP contribution in [0.3, 0.4) is 0 Å². The predicted molar refractivity (Wildman–Crippen MR) is 134 cm³/mol. The normalized spacial score (nSPS) is 18.4. The zero-order chi connectivity index (χ0) is 24.6. The Bertz CT molecular complexity index is 1030. The van der Waals surface area contributed by atoms with E-state index in [1.54, 1.807) is 23.1 Å². The first-order valence-electron chi connectivity index (χ1n) is 12.1. The van der Waals surface area contributed by atoms with Gasteiger partial charge in [-0.2, -0.15) is 5.10 Å². The van der Waals surface area contributed by atoms with Gasteiger partial charge in [0.05, 0.1) is 25.0 Å². The summed E-state index contributed by atoms with van der Waals surface area (Å²) in [5.41, 5.74) is 0.930. The minimum absolute atomic E-state index is 0.101. The third-order valence-corrected chi connectivity index (χ3v) is 7.13. The Balaban J connectivity index is 1.52. The molecule has 188 valence electrons. The number of hydrogen-bond donors (Lipinski definition) is 1. The molecule has 1 saturated heterocycles. The molecule has 0 spiro atoms. The predicted octanol–water partition coefficient (Wildman–Crippen LogP) is 3.32. The lowest BCUT2D eigenvalue weighted by Gasteiger charge is -2.31. The summed E-state index contributed by atoms with van der Waals surface area (Å²) < 4.78 is 19.9. The summed E-state index contributed by atoms with van der Waals surface area (Å²) in [6.07, 6.45) is 1.23. The molecule has 0 aliphatic carbocycles. The van der Waals surface area contributed by atoms with Crippen LogP contribution < -0.4 is 5.32 Å². The van der Waals surface area contributed by atoms with Crippen molar-refractivity contribution in [3.8, 4) is 0 Å². The minimum atomic E-state index is -0.364. The van der Waals surface area contributed by atoms with Crippen molar-refractivity contribution in [1.82, 2.24) is 20.1 Å². The van der Waals surface area contributed by atoms with Crippen molar-refractivity contribution in [2.75, 3.05) is 52.5 Å². The highest BCUT2D eigenvalue weighted by molar-refractivity contribution is 7.10. The Morgan fingerprint density at radius 3 is 2.74 bits per heavy atom. The lowest BCUT2D eigenvalue weighted by Crippen LogP contribution is -2.49. The van der Waals surface area contributed by atoms with E-state index in [0.29, 0.717) is 50.5 Å². The molecule has 2 aliphatic heterocycles. The molecule has 0 radical (unpaired) electrons. The van der Waals surface area contributed by atoms with Gasteiger partial charge in [0.2, 0.25) is 0 Å². The van der Waals surface area contributed by atoms with Crippen molar-refractivity contribution in [3.63, 3.8) is 0 Å². The number of nitrogens with zero attached hydrogens (tertiary/aromatic N) is 4. The Morgan fingerprint density at radius 1 is 1.23 bits per heavy atom. The SMILES string of the molecule is CCCNC(=O)N(CCN1CCOCC1)CC(=O)N1N=C(c2ccccc2F)CC1c1cccs1. The van der Waals surface area contributed by atoms with E-state index in [1.807, 2.05) is 24.4 Å². The van der Waals surface area contributed by atoms with Crippen LogP contribution >= 0.6 is 11.3 Å². The maximum atomic E-state index is 14.5. The second kappa shape index (κ2) is 12.2. The van der Waals surface area contributed by atoms with Crippen molar-refractivity contribution in [2.45, 2.75) is 25.8 Å². The van der Waals surface area contributed by atoms with Crippen LogP contribution in [0.2, 0.25) is 0 Å². The summed E-state index contributed by atoms with van der Waals surface area (Å²) >= 11 is 1.54. The summed E-state index contributed by atoms with van der Waals surface area (Å²) in [6, 6.07) is 9.77. The van der Waals surface area contributed by atoms with Crippen LogP contribution in [-0.4, -0.2) is 84.9 Å². The summed E-state index contributed by atoms with van der Waals surface area (Å²) in [7, 11) is 0. The van der Waals surface area contributed by atoms with E-state index in [9.17, 15) is 14.0 Å². The molecule has 10 heteroatoms. The lowest BCUT2D eigenvalue weighted by molar-refractivity contribution is -0.133. The van der Waals surface area contributed by atoms with Gasteiger partial charge in [0.15, 0.2) is 0 Å². The number of rotatable bonds is 9. The van der Waals surface area contributed by atoms with E-state index in [4.69, 9.17) is 4.74 Å². The van der Waals surface area contributed by atoms with Gasteiger partial charge in [-0.15, -0.1) is 11.3 Å². The van der Waals surface area contributed by atoms with Crippen LogP contribution in [0.1, 0.15) is 36.2 Å². The molecule has 2 aliphatic rings. The number of urea groups is 1. The first-order chi connectivity index (χ1) is 17.1. The summed E-state index contributed by atoms with van der Waals surface area (Å²) in [5.74, 6) is -0.653. The van der Waals surface area contributed by atoms with E-state index in [1.165, 1.54) is 22.4 Å². The van der Waals surface area contributed by atoms with Gasteiger partial charge in [-0.1, -0.05) is 31.2 Å². The third kappa shape index (κ3) is 6.45. The highest BCUT2D eigenvalue weighted by Gasteiger charge is 2.35. The highest BCUT2D eigenvalue weighted by Crippen LogP contribution is 2.35. The number of hydrazone groups is 1. The minimum Gasteiger partial charge on any atom is -0.379 e. The number of hydrogen-bond acceptors (Lipinski definition) is 6. The maximum Gasteiger partial charge on any atom is 0.317 e. The van der Waals surface area contributed by atoms with Crippen molar-refractivity contribution in [1.29, 1.82) is 0 Å². The Morgan fingerprint density at radius 2 is 2.03 bits per heavy atom. The van der Waals surface area contributed by atoms with Crippen molar-refractivity contribution < 1.29 is 18.7 Å². The standard InChI is InChI=1S/C25H32FN5O3S/c1-2-9-27-25(33)30(11-10-29-12-14-34-15-13-29)18-24(32)31-22(23-8-5-16-35-23)17-21(28-31)19-6-3-4-7-20(19)26/h3-8,16,22H,2,9-15,17-18H2,1H3,(H,27,33). The van der Waals surface area contributed by atoms with Gasteiger partial charge in [0.1, 0.15) is 12.4 Å². The Hall–Kier alpha value is -2.82. The third-order valence-electron chi connectivity index (χ3n) is 6.15. The van der Waals surface area contributed by atoms with Crippen molar-refractivity contribution in [3.05, 3.63) is 58.0 Å². The fraction of sp³-hybridized carbons (Fsp3) is 0.480. The molecule has 4 rings (SSSR count). The number of ether oxygens (including phenoxy) is 1. The summed E-state index contributed by atoms with van der Waals surface area (Å²) in [5, 5.41) is 10.8. The average Bonchev–Trinajstić information content (AvgIpc) is 3.56. The van der Waals surface area contributed by atoms with E-state index < -0.39 is 0 Å². The number of morpholine rings is 1. The second-order valence-electron chi connectivity index (χ2n) is 8.61. The molecule has 1 fully saturated rings. The fourth-order valence-corrected chi connectivity index (χ4v) is 5.03. The summed E-state index contributed by atoms with van der Waals surface area (Å²) in [4.78, 5) is 31.2. The number of benzene rings is 1. The van der Waals surface area contributed by atoms with Crippen LogP contribution in [-0.2, 0) is 9.53 Å². The summed E-state index contributed by atoms with van der Waals surface area (Å²) in [6.45, 7) is 6.46.